The standard InChI is InChI=1S/C22H24B2N3O3/c1-16-3-2-4-17(7-10-23-18-8-11-24(14-25)12-9-18)19(16)13-27(15-28)20-5-6-21(29)26-22(20)30/h2-4,15,18,20H,5-6,8-9,11-13H2,1H3,(H,26,29,30). The highest BCUT2D eigenvalue weighted by Crippen LogP contribution is 2.28. The first-order valence-corrected chi connectivity index (χ1v) is 10.4. The van der Waals surface area contributed by atoms with E-state index in [-0.39, 0.29) is 25.6 Å². The molecule has 0 saturated carbocycles. The lowest BCUT2D eigenvalue weighted by molar-refractivity contribution is -0.141. The molecule has 2 aliphatic heterocycles. The summed E-state index contributed by atoms with van der Waals surface area (Å²) < 4.78 is 0. The van der Waals surface area contributed by atoms with E-state index in [0.29, 0.717) is 18.6 Å². The van der Waals surface area contributed by atoms with Crippen LogP contribution in [0.5, 0.6) is 0 Å². The minimum atomic E-state index is -0.650. The maximum absolute atomic E-state index is 12.2. The van der Waals surface area contributed by atoms with E-state index in [0.717, 1.165) is 42.2 Å². The first kappa shape index (κ1) is 21.7. The van der Waals surface area contributed by atoms with Crippen LogP contribution in [0.1, 0.15) is 42.4 Å². The highest BCUT2D eigenvalue weighted by Gasteiger charge is 2.31. The van der Waals surface area contributed by atoms with Crippen molar-refractivity contribution in [2.45, 2.75) is 63.7 Å². The molecule has 30 heavy (non-hydrogen) atoms. The first-order chi connectivity index (χ1) is 14.5. The van der Waals surface area contributed by atoms with Crippen LogP contribution in [-0.4, -0.2) is 43.2 Å². The number of imide groups is 1. The molecule has 1 aromatic rings. The quantitative estimate of drug-likeness (QED) is 0.354. The topological polar surface area (TPSA) is 90.3 Å². The van der Waals surface area contributed by atoms with Gasteiger partial charge in [-0.15, -0.1) is 0 Å². The van der Waals surface area contributed by atoms with Crippen LogP contribution in [0.4, 0.5) is 0 Å². The Hall–Kier alpha value is -2.99. The summed E-state index contributed by atoms with van der Waals surface area (Å²) in [6, 6.07) is 5.16. The van der Waals surface area contributed by atoms with Gasteiger partial charge in [0, 0.05) is 24.5 Å². The number of rotatable bonds is 5. The van der Waals surface area contributed by atoms with E-state index in [9.17, 15) is 14.4 Å². The molecule has 6 nitrogen and oxygen atoms in total. The van der Waals surface area contributed by atoms with Gasteiger partial charge in [-0.3, -0.25) is 19.7 Å². The van der Waals surface area contributed by atoms with Crippen LogP contribution >= 0.6 is 0 Å². The Morgan fingerprint density at radius 3 is 2.73 bits per heavy atom. The molecule has 1 radical (unpaired) electrons. The first-order valence-electron chi connectivity index (χ1n) is 10.4. The van der Waals surface area contributed by atoms with E-state index >= 15 is 0 Å². The zero-order valence-corrected chi connectivity index (χ0v) is 17.2. The second kappa shape index (κ2) is 10.2. The summed E-state index contributed by atoms with van der Waals surface area (Å²) >= 11 is 0. The SMILES string of the molecule is Cc1cccc(C#C[B]C2CCB(C#N)CC2)c1CN(C=O)C1CCC(=O)NC1=O. The predicted molar refractivity (Wildman–Crippen MR) is 116 cm³/mol. The summed E-state index contributed by atoms with van der Waals surface area (Å²) in [5.74, 6) is 8.40. The van der Waals surface area contributed by atoms with Gasteiger partial charge in [-0.2, -0.15) is 5.82 Å². The lowest BCUT2D eigenvalue weighted by Gasteiger charge is -2.30. The van der Waals surface area contributed by atoms with E-state index in [1.807, 2.05) is 32.4 Å². The van der Waals surface area contributed by atoms with Gasteiger partial charge in [-0.25, -0.2) is 5.26 Å². The van der Waals surface area contributed by atoms with Crippen molar-refractivity contribution in [1.82, 2.24) is 10.2 Å². The molecule has 2 heterocycles. The van der Waals surface area contributed by atoms with Crippen molar-refractivity contribution in [2.24, 2.45) is 0 Å². The number of aryl methyl sites for hydroxylation is 1. The molecular formula is C22H24B2N3O3. The van der Waals surface area contributed by atoms with E-state index < -0.39 is 11.9 Å². The van der Waals surface area contributed by atoms with Gasteiger partial charge in [0.1, 0.15) is 6.04 Å². The molecule has 3 rings (SSSR count). The monoisotopic (exact) mass is 400 g/mol. The number of carbonyl (C=O) groups is 3. The van der Waals surface area contributed by atoms with Gasteiger partial charge in [-0.05, 0) is 30.5 Å². The average Bonchev–Trinajstić information content (AvgIpc) is 2.74. The van der Waals surface area contributed by atoms with Gasteiger partial charge in [0.2, 0.25) is 25.5 Å². The van der Waals surface area contributed by atoms with Gasteiger partial charge < -0.3 is 4.90 Å². The maximum atomic E-state index is 12.2. The molecule has 0 spiro atoms. The largest absolute Gasteiger partial charge is 0.329 e. The number of nitrogens with one attached hydrogen (secondary N) is 1. The van der Waals surface area contributed by atoms with Gasteiger partial charge >= 0.3 is 0 Å². The van der Waals surface area contributed by atoms with Crippen LogP contribution in [0.15, 0.2) is 18.2 Å². The van der Waals surface area contributed by atoms with Crippen LogP contribution in [0, 0.1) is 29.9 Å². The number of amides is 3. The lowest BCUT2D eigenvalue weighted by atomic mass is 9.38. The minimum absolute atomic E-state index is 0.174. The van der Waals surface area contributed by atoms with Gasteiger partial charge in [-0.1, -0.05) is 49.4 Å². The Bertz CT molecular complexity index is 924. The normalized spacial score (nSPS) is 19.2. The third kappa shape index (κ3) is 5.33. The molecule has 8 heteroatoms. The summed E-state index contributed by atoms with van der Waals surface area (Å²) in [6.45, 7) is 2.40. The van der Waals surface area contributed by atoms with Crippen LogP contribution in [0.2, 0.25) is 18.5 Å². The van der Waals surface area contributed by atoms with Crippen molar-refractivity contribution in [2.75, 3.05) is 0 Å². The number of hydrogen-bond donors (Lipinski definition) is 1. The summed E-state index contributed by atoms with van der Waals surface area (Å²) in [5.41, 5.74) is 2.73. The fourth-order valence-electron chi connectivity index (χ4n) is 4.08. The molecule has 0 aromatic heterocycles. The van der Waals surface area contributed by atoms with Crippen molar-refractivity contribution < 1.29 is 14.4 Å². The fourth-order valence-corrected chi connectivity index (χ4v) is 4.08. The van der Waals surface area contributed by atoms with Crippen molar-refractivity contribution in [3.05, 3.63) is 34.9 Å². The number of nitriles is 1. The fraction of sp³-hybridized carbons (Fsp3) is 0.455. The number of nitrogens with zero attached hydrogens (tertiary/aromatic N) is 2. The second-order valence-corrected chi connectivity index (χ2v) is 8.02. The van der Waals surface area contributed by atoms with E-state index in [1.54, 1.807) is 0 Å². The number of hydrogen-bond acceptors (Lipinski definition) is 4. The molecule has 1 N–H and O–H groups in total. The van der Waals surface area contributed by atoms with Crippen LogP contribution in [0.25, 0.3) is 0 Å². The zero-order valence-electron chi connectivity index (χ0n) is 17.2. The molecule has 2 fully saturated rings. The molecule has 151 valence electrons. The predicted octanol–water partition coefficient (Wildman–Crippen LogP) is 1.91. The number of piperidine rings is 1. The summed E-state index contributed by atoms with van der Waals surface area (Å²) in [6.07, 6.45) is 5.05. The summed E-state index contributed by atoms with van der Waals surface area (Å²) in [4.78, 5) is 36.7. The van der Waals surface area contributed by atoms with Crippen molar-refractivity contribution in [1.29, 1.82) is 5.26 Å². The Labute approximate surface area is 178 Å². The minimum Gasteiger partial charge on any atom is -0.329 e. The molecular weight excluding hydrogens is 376 g/mol. The molecule has 3 amide bonds. The van der Waals surface area contributed by atoms with E-state index in [1.165, 1.54) is 4.90 Å². The Kier molecular flexibility index (Phi) is 7.36. The molecule has 2 aliphatic rings. The second-order valence-electron chi connectivity index (χ2n) is 8.02. The van der Waals surface area contributed by atoms with Crippen molar-refractivity contribution in [3.63, 3.8) is 0 Å². The highest BCUT2D eigenvalue weighted by atomic mass is 16.2. The Morgan fingerprint density at radius 2 is 2.07 bits per heavy atom. The third-order valence-corrected chi connectivity index (χ3v) is 5.98. The molecule has 0 bridgehead atoms. The van der Waals surface area contributed by atoms with E-state index in [2.05, 4.69) is 23.0 Å². The Balaban J connectivity index is 1.70. The third-order valence-electron chi connectivity index (χ3n) is 5.98. The van der Waals surface area contributed by atoms with Gasteiger partial charge in [0.05, 0.1) is 0 Å². The van der Waals surface area contributed by atoms with Crippen LogP contribution < -0.4 is 5.32 Å². The maximum Gasteiger partial charge on any atom is 0.267 e. The number of carbonyl (C=O) groups excluding carboxylic acids is 3. The Morgan fingerprint density at radius 1 is 1.30 bits per heavy atom. The van der Waals surface area contributed by atoms with Gasteiger partial charge in [0.15, 0.2) is 0 Å². The van der Waals surface area contributed by atoms with Crippen molar-refractivity contribution in [3.8, 4) is 17.7 Å². The van der Waals surface area contributed by atoms with Crippen LogP contribution in [-0.2, 0) is 20.9 Å². The van der Waals surface area contributed by atoms with E-state index in [4.69, 9.17) is 5.26 Å². The summed E-state index contributed by atoms with van der Waals surface area (Å²) in [7, 11) is 2.03. The molecule has 1 atom stereocenters. The van der Waals surface area contributed by atoms with Crippen molar-refractivity contribution >= 4 is 32.2 Å². The zero-order chi connectivity index (χ0) is 21.5. The molecule has 2 saturated heterocycles. The van der Waals surface area contributed by atoms with Gasteiger partial charge in [0.25, 0.3) is 6.71 Å². The van der Waals surface area contributed by atoms with Crippen LogP contribution in [0.3, 0.4) is 0 Å². The number of benzene rings is 1. The smallest absolute Gasteiger partial charge is 0.267 e. The molecule has 1 aromatic carbocycles. The summed E-state index contributed by atoms with van der Waals surface area (Å²) in [5, 5.41) is 11.3. The molecule has 0 aliphatic carbocycles. The average molecular weight is 400 g/mol. The molecule has 1 unspecified atom stereocenters. The highest BCUT2D eigenvalue weighted by molar-refractivity contribution is 6.67. The lowest BCUT2D eigenvalue weighted by Crippen LogP contribution is -2.51.